The quantitative estimate of drug-likeness (QED) is 0.504. The molecule has 0 atom stereocenters. The number of amides is 2. The molecule has 0 bridgehead atoms. The highest BCUT2D eigenvalue weighted by Crippen LogP contribution is 2.32. The van der Waals surface area contributed by atoms with Crippen LogP contribution in [0.5, 0.6) is 0 Å². The maximum absolute atomic E-state index is 12.5. The second kappa shape index (κ2) is 4.32. The zero-order valence-corrected chi connectivity index (χ0v) is 12.5. The Morgan fingerprint density at radius 3 is 2.38 bits per heavy atom. The summed E-state index contributed by atoms with van der Waals surface area (Å²) in [6, 6.07) is 6.72. The highest BCUT2D eigenvalue weighted by atomic mass is 127. The van der Waals surface area contributed by atoms with Crippen molar-refractivity contribution in [2.24, 2.45) is 0 Å². The van der Waals surface area contributed by atoms with Gasteiger partial charge in [0.2, 0.25) is 0 Å². The molecule has 2 aromatic heterocycles. The third-order valence-electron chi connectivity index (χ3n) is 3.30. The van der Waals surface area contributed by atoms with E-state index in [1.807, 2.05) is 22.6 Å². The van der Waals surface area contributed by atoms with Gasteiger partial charge in [-0.2, -0.15) is 5.10 Å². The lowest BCUT2D eigenvalue weighted by Gasteiger charge is -2.13. The number of nitrogens with zero attached hydrogens (tertiary/aromatic N) is 4. The molecule has 0 saturated heterocycles. The van der Waals surface area contributed by atoms with Crippen molar-refractivity contribution in [1.82, 2.24) is 20.2 Å². The first-order valence-corrected chi connectivity index (χ1v) is 7.08. The lowest BCUT2D eigenvalue weighted by Crippen LogP contribution is -2.30. The number of fused-ring (bicyclic) bond motifs is 2. The van der Waals surface area contributed by atoms with Gasteiger partial charge in [0, 0.05) is 0 Å². The fourth-order valence-electron chi connectivity index (χ4n) is 2.36. The monoisotopic (exact) mass is 391 g/mol. The molecule has 21 heavy (non-hydrogen) atoms. The average molecular weight is 391 g/mol. The van der Waals surface area contributed by atoms with Gasteiger partial charge in [0.15, 0.2) is 11.5 Å². The topological polar surface area (TPSA) is 91.8 Å². The number of halogens is 1. The zero-order chi connectivity index (χ0) is 14.6. The number of aromatic amines is 1. The summed E-state index contributed by atoms with van der Waals surface area (Å²) >= 11 is 2.01. The molecule has 0 saturated carbocycles. The first-order chi connectivity index (χ1) is 10.2. The Labute approximate surface area is 131 Å². The van der Waals surface area contributed by atoms with E-state index in [1.165, 1.54) is 6.33 Å². The highest BCUT2D eigenvalue weighted by Gasteiger charge is 2.38. The number of hydrogen-bond acceptors (Lipinski definition) is 5. The molecule has 3 aromatic rings. The predicted molar refractivity (Wildman–Crippen MR) is 82.0 cm³/mol. The number of anilines is 1. The van der Waals surface area contributed by atoms with Crippen LogP contribution in [-0.4, -0.2) is 32.0 Å². The van der Waals surface area contributed by atoms with Gasteiger partial charge >= 0.3 is 0 Å². The van der Waals surface area contributed by atoms with Crippen LogP contribution in [0.15, 0.2) is 30.6 Å². The minimum absolute atomic E-state index is 0.254. The lowest BCUT2D eigenvalue weighted by molar-refractivity contribution is 0.0925. The van der Waals surface area contributed by atoms with Crippen LogP contribution in [0.2, 0.25) is 0 Å². The molecule has 102 valence electrons. The van der Waals surface area contributed by atoms with Crippen molar-refractivity contribution < 1.29 is 9.59 Å². The van der Waals surface area contributed by atoms with E-state index in [0.29, 0.717) is 25.9 Å². The molecule has 0 radical (unpaired) electrons. The van der Waals surface area contributed by atoms with Crippen LogP contribution in [0.25, 0.3) is 11.0 Å². The summed E-state index contributed by atoms with van der Waals surface area (Å²) in [5.41, 5.74) is 1.25. The third-order valence-corrected chi connectivity index (χ3v) is 4.08. The Kier molecular flexibility index (Phi) is 2.55. The number of benzene rings is 1. The molecule has 7 nitrogen and oxygen atoms in total. The van der Waals surface area contributed by atoms with Crippen LogP contribution in [0.3, 0.4) is 0 Å². The minimum atomic E-state index is -0.382. The Morgan fingerprint density at radius 2 is 1.71 bits per heavy atom. The van der Waals surface area contributed by atoms with Crippen LogP contribution in [0, 0.1) is 3.70 Å². The van der Waals surface area contributed by atoms with Crippen LogP contribution in [0.4, 0.5) is 5.82 Å². The van der Waals surface area contributed by atoms with Gasteiger partial charge in [0.1, 0.15) is 10.0 Å². The molecule has 0 spiro atoms. The molecular formula is C13H6IN5O2. The highest BCUT2D eigenvalue weighted by molar-refractivity contribution is 14.1. The third kappa shape index (κ3) is 1.62. The smallest absolute Gasteiger partial charge is 0.267 e. The van der Waals surface area contributed by atoms with Crippen molar-refractivity contribution in [2.45, 2.75) is 0 Å². The van der Waals surface area contributed by atoms with Crippen LogP contribution in [-0.2, 0) is 0 Å². The van der Waals surface area contributed by atoms with E-state index < -0.39 is 0 Å². The van der Waals surface area contributed by atoms with Crippen molar-refractivity contribution in [2.75, 3.05) is 4.90 Å². The predicted octanol–water partition coefficient (Wildman–Crippen LogP) is 1.76. The summed E-state index contributed by atoms with van der Waals surface area (Å²) in [7, 11) is 0. The van der Waals surface area contributed by atoms with Gasteiger partial charge in [-0.05, 0) is 34.7 Å². The number of carbonyl (C=O) groups excluding carboxylic acids is 2. The number of rotatable bonds is 1. The first-order valence-electron chi connectivity index (χ1n) is 6.01. The van der Waals surface area contributed by atoms with Crippen molar-refractivity contribution in [3.63, 3.8) is 0 Å². The molecule has 0 unspecified atom stereocenters. The molecule has 1 aliphatic heterocycles. The molecule has 1 aromatic carbocycles. The van der Waals surface area contributed by atoms with Gasteiger partial charge in [-0.1, -0.05) is 12.1 Å². The van der Waals surface area contributed by atoms with Crippen molar-refractivity contribution in [3.8, 4) is 0 Å². The average Bonchev–Trinajstić information content (AvgIpc) is 3.00. The maximum Gasteiger partial charge on any atom is 0.267 e. The number of H-pyrrole nitrogens is 1. The van der Waals surface area contributed by atoms with Crippen molar-refractivity contribution in [1.29, 1.82) is 0 Å². The number of nitrogens with one attached hydrogen (secondary N) is 1. The van der Waals surface area contributed by atoms with Crippen LogP contribution < -0.4 is 4.90 Å². The fourth-order valence-corrected chi connectivity index (χ4v) is 2.98. The van der Waals surface area contributed by atoms with E-state index in [1.54, 1.807) is 24.3 Å². The van der Waals surface area contributed by atoms with E-state index in [4.69, 9.17) is 0 Å². The largest absolute Gasteiger partial charge is 0.268 e. The Bertz CT molecular complexity index is 885. The molecule has 8 heteroatoms. The van der Waals surface area contributed by atoms with Gasteiger partial charge in [0.25, 0.3) is 11.8 Å². The van der Waals surface area contributed by atoms with E-state index in [-0.39, 0.29) is 17.6 Å². The molecule has 3 heterocycles. The van der Waals surface area contributed by atoms with Gasteiger partial charge in [-0.25, -0.2) is 14.9 Å². The molecule has 1 N–H and O–H groups in total. The normalized spacial score (nSPS) is 14.0. The van der Waals surface area contributed by atoms with E-state index >= 15 is 0 Å². The molecular weight excluding hydrogens is 385 g/mol. The standard InChI is InChI=1S/C13H6IN5O2/c14-9-8-10(18-17-9)15-5-16-11(8)19-12(20)6-3-1-2-4-7(6)13(19)21/h1-5H,(H,15,16,17,18). The van der Waals surface area contributed by atoms with E-state index in [9.17, 15) is 9.59 Å². The number of hydrogen-bond donors (Lipinski definition) is 1. The maximum atomic E-state index is 12.5. The van der Waals surface area contributed by atoms with Crippen molar-refractivity contribution in [3.05, 3.63) is 45.4 Å². The van der Waals surface area contributed by atoms with Crippen LogP contribution in [0.1, 0.15) is 20.7 Å². The van der Waals surface area contributed by atoms with Gasteiger partial charge < -0.3 is 0 Å². The Morgan fingerprint density at radius 1 is 1.05 bits per heavy atom. The Balaban J connectivity index is 1.97. The summed E-state index contributed by atoms with van der Waals surface area (Å²) in [6.07, 6.45) is 1.30. The molecule has 2 amide bonds. The van der Waals surface area contributed by atoms with Crippen molar-refractivity contribution >= 4 is 51.3 Å². The summed E-state index contributed by atoms with van der Waals surface area (Å²) in [4.78, 5) is 34.2. The van der Waals surface area contributed by atoms with Gasteiger partial charge in [0.05, 0.1) is 16.5 Å². The molecule has 1 aliphatic rings. The number of imide groups is 1. The van der Waals surface area contributed by atoms with Crippen LogP contribution >= 0.6 is 22.6 Å². The Hall–Kier alpha value is -2.36. The lowest BCUT2D eigenvalue weighted by atomic mass is 10.1. The fraction of sp³-hybridized carbons (Fsp3) is 0. The second-order valence-electron chi connectivity index (χ2n) is 4.43. The summed E-state index contributed by atoms with van der Waals surface area (Å²) < 4.78 is 0.606. The molecule has 0 fully saturated rings. The first kappa shape index (κ1) is 12.4. The summed E-state index contributed by atoms with van der Waals surface area (Å²) in [5.74, 6) is -0.510. The molecule has 4 rings (SSSR count). The number of aromatic nitrogens is 4. The van der Waals surface area contributed by atoms with E-state index in [0.717, 1.165) is 4.90 Å². The minimum Gasteiger partial charge on any atom is -0.268 e. The summed E-state index contributed by atoms with van der Waals surface area (Å²) in [6.45, 7) is 0. The van der Waals surface area contributed by atoms with Gasteiger partial charge in [-0.3, -0.25) is 14.7 Å². The summed E-state index contributed by atoms with van der Waals surface area (Å²) in [5, 5.41) is 7.34. The molecule has 0 aliphatic carbocycles. The van der Waals surface area contributed by atoms with E-state index in [2.05, 4.69) is 20.2 Å². The van der Waals surface area contributed by atoms with Gasteiger partial charge in [-0.15, -0.1) is 0 Å². The second-order valence-corrected chi connectivity index (χ2v) is 5.45. The SMILES string of the molecule is O=C1c2ccccc2C(=O)N1c1ncnc2[nH]nc(I)c12. The number of carbonyl (C=O) groups is 2. The zero-order valence-electron chi connectivity index (χ0n) is 10.4.